The number of nitrogens with zero attached hydrogens (tertiary/aromatic N) is 2. The number of nitrogens with two attached hydrogens (primary N) is 1. The fourth-order valence-corrected chi connectivity index (χ4v) is 4.42. The number of hydrogen-bond acceptors (Lipinski definition) is 4. The van der Waals surface area contributed by atoms with Gasteiger partial charge in [-0.1, -0.05) is 11.6 Å². The van der Waals surface area contributed by atoms with Gasteiger partial charge in [-0.25, -0.2) is 8.42 Å². The monoisotopic (exact) mass is 317 g/mol. The van der Waals surface area contributed by atoms with E-state index in [1.165, 1.54) is 16.4 Å². The minimum Gasteiger partial charge on any atom is -0.399 e. The van der Waals surface area contributed by atoms with Crippen molar-refractivity contribution in [2.45, 2.75) is 23.8 Å². The third kappa shape index (κ3) is 3.09. The number of halogens is 1. The van der Waals surface area contributed by atoms with Crippen molar-refractivity contribution in [1.29, 1.82) is 0 Å². The molecule has 0 bridgehead atoms. The highest BCUT2D eigenvalue weighted by atomic mass is 35.5. The minimum atomic E-state index is -3.59. The van der Waals surface area contributed by atoms with Gasteiger partial charge in [0.2, 0.25) is 10.0 Å². The van der Waals surface area contributed by atoms with E-state index in [2.05, 4.69) is 4.90 Å². The molecule has 0 saturated carbocycles. The maximum absolute atomic E-state index is 12.7. The van der Waals surface area contributed by atoms with Gasteiger partial charge in [0.1, 0.15) is 4.90 Å². The summed E-state index contributed by atoms with van der Waals surface area (Å²) in [6.45, 7) is 1.75. The van der Waals surface area contributed by atoms with Crippen LogP contribution in [-0.4, -0.2) is 50.8 Å². The second-order valence-electron chi connectivity index (χ2n) is 5.27. The molecule has 0 spiro atoms. The van der Waals surface area contributed by atoms with Crippen molar-refractivity contribution in [2.75, 3.05) is 32.9 Å². The van der Waals surface area contributed by atoms with Crippen molar-refractivity contribution in [3.05, 3.63) is 23.2 Å². The third-order valence-corrected chi connectivity index (χ3v) is 6.12. The summed E-state index contributed by atoms with van der Waals surface area (Å²) in [6, 6.07) is 4.47. The number of rotatable bonds is 3. The summed E-state index contributed by atoms with van der Waals surface area (Å²) >= 11 is 6.03. The molecule has 0 amide bonds. The quantitative estimate of drug-likeness (QED) is 0.861. The van der Waals surface area contributed by atoms with Gasteiger partial charge in [0, 0.05) is 25.3 Å². The number of anilines is 1. The molecule has 1 unspecified atom stereocenters. The molecule has 1 fully saturated rings. The van der Waals surface area contributed by atoms with E-state index in [4.69, 9.17) is 17.3 Å². The lowest BCUT2D eigenvalue weighted by Crippen LogP contribution is -2.47. The number of hydrogen-bond donors (Lipinski definition) is 1. The van der Waals surface area contributed by atoms with E-state index >= 15 is 0 Å². The number of sulfonamides is 1. The van der Waals surface area contributed by atoms with E-state index < -0.39 is 10.0 Å². The number of nitrogen functional groups attached to an aromatic ring is 1. The van der Waals surface area contributed by atoms with Crippen LogP contribution >= 0.6 is 11.6 Å². The minimum absolute atomic E-state index is 0.0210. The van der Waals surface area contributed by atoms with Crippen molar-refractivity contribution >= 4 is 27.3 Å². The first-order valence-corrected chi connectivity index (χ1v) is 8.36. The highest BCUT2D eigenvalue weighted by Crippen LogP contribution is 2.28. The maximum atomic E-state index is 12.7. The van der Waals surface area contributed by atoms with E-state index in [1.807, 2.05) is 7.05 Å². The molecule has 2 rings (SSSR count). The molecule has 7 heteroatoms. The Morgan fingerprint density at radius 1 is 1.45 bits per heavy atom. The zero-order valence-corrected chi connectivity index (χ0v) is 13.3. The Labute approximate surface area is 125 Å². The van der Waals surface area contributed by atoms with Crippen LogP contribution in [-0.2, 0) is 10.0 Å². The van der Waals surface area contributed by atoms with Crippen LogP contribution in [0.3, 0.4) is 0 Å². The summed E-state index contributed by atoms with van der Waals surface area (Å²) in [4.78, 5) is 2.26. The number of likely N-dealkylation sites (N-methyl/N-ethyl adjacent to an activating group) is 2. The van der Waals surface area contributed by atoms with Crippen LogP contribution in [0, 0.1) is 0 Å². The van der Waals surface area contributed by atoms with Gasteiger partial charge in [-0.2, -0.15) is 4.31 Å². The molecule has 112 valence electrons. The number of benzene rings is 1. The predicted octanol–water partition coefficient (Wildman–Crippen LogP) is 1.64. The Bertz CT molecular complexity index is 591. The summed E-state index contributed by atoms with van der Waals surface area (Å²) in [5.74, 6) is 0. The van der Waals surface area contributed by atoms with Crippen LogP contribution < -0.4 is 5.73 Å². The molecule has 1 heterocycles. The van der Waals surface area contributed by atoms with Gasteiger partial charge in [-0.15, -0.1) is 0 Å². The van der Waals surface area contributed by atoms with E-state index in [0.717, 1.165) is 25.9 Å². The average Bonchev–Trinajstić information content (AvgIpc) is 2.37. The largest absolute Gasteiger partial charge is 0.399 e. The average molecular weight is 318 g/mol. The number of likely N-dealkylation sites (tertiary alicyclic amines) is 1. The SMILES string of the molecule is CN1CCCC(N(C)S(=O)(=O)c2ccc(N)cc2Cl)C1. The van der Waals surface area contributed by atoms with Crippen LogP contribution in [0.5, 0.6) is 0 Å². The van der Waals surface area contributed by atoms with Gasteiger partial charge in [-0.3, -0.25) is 0 Å². The van der Waals surface area contributed by atoms with Gasteiger partial charge in [0.05, 0.1) is 5.02 Å². The highest BCUT2D eigenvalue weighted by Gasteiger charge is 2.31. The first kappa shape index (κ1) is 15.6. The first-order chi connectivity index (χ1) is 9.32. The topological polar surface area (TPSA) is 66.6 Å². The Balaban J connectivity index is 2.29. The van der Waals surface area contributed by atoms with Crippen LogP contribution in [0.15, 0.2) is 23.1 Å². The third-order valence-electron chi connectivity index (χ3n) is 3.73. The fourth-order valence-electron chi connectivity index (χ4n) is 2.51. The molecule has 1 aliphatic heterocycles. The lowest BCUT2D eigenvalue weighted by atomic mass is 10.1. The standard InChI is InChI=1S/C13H20ClN3O2S/c1-16-7-3-4-11(9-16)17(2)20(18,19)13-6-5-10(15)8-12(13)14/h5-6,8,11H,3-4,7,9,15H2,1-2H3. The van der Waals surface area contributed by atoms with E-state index in [9.17, 15) is 8.42 Å². The fraction of sp³-hybridized carbons (Fsp3) is 0.538. The summed E-state index contributed by atoms with van der Waals surface area (Å²) in [7, 11) is 0.0294. The molecular weight excluding hydrogens is 298 g/mol. The van der Waals surface area contributed by atoms with Crippen LogP contribution in [0.25, 0.3) is 0 Å². The Morgan fingerprint density at radius 2 is 2.15 bits per heavy atom. The molecular formula is C13H20ClN3O2S. The number of piperidine rings is 1. The lowest BCUT2D eigenvalue weighted by molar-refractivity contribution is 0.187. The smallest absolute Gasteiger partial charge is 0.244 e. The molecule has 0 aliphatic carbocycles. The predicted molar refractivity (Wildman–Crippen MR) is 81.3 cm³/mol. The van der Waals surface area contributed by atoms with E-state index in [0.29, 0.717) is 5.69 Å². The Hall–Kier alpha value is -0.820. The molecule has 0 radical (unpaired) electrons. The Kier molecular flexibility index (Phi) is 4.59. The van der Waals surface area contributed by atoms with Crippen molar-refractivity contribution in [3.8, 4) is 0 Å². The zero-order valence-electron chi connectivity index (χ0n) is 11.7. The van der Waals surface area contributed by atoms with Gasteiger partial charge in [0.25, 0.3) is 0 Å². The van der Waals surface area contributed by atoms with Crippen LogP contribution in [0.1, 0.15) is 12.8 Å². The molecule has 1 aliphatic rings. The maximum Gasteiger partial charge on any atom is 0.244 e. The lowest BCUT2D eigenvalue weighted by Gasteiger charge is -2.35. The molecule has 20 heavy (non-hydrogen) atoms. The molecule has 2 N–H and O–H groups in total. The highest BCUT2D eigenvalue weighted by molar-refractivity contribution is 7.89. The summed E-state index contributed by atoms with van der Waals surface area (Å²) < 4.78 is 26.7. The van der Waals surface area contributed by atoms with Gasteiger partial charge < -0.3 is 10.6 Å². The van der Waals surface area contributed by atoms with Crippen molar-refractivity contribution in [2.24, 2.45) is 0 Å². The molecule has 1 atom stereocenters. The van der Waals surface area contributed by atoms with Crippen LogP contribution in [0.4, 0.5) is 5.69 Å². The van der Waals surface area contributed by atoms with E-state index in [-0.39, 0.29) is 16.0 Å². The molecule has 5 nitrogen and oxygen atoms in total. The zero-order chi connectivity index (χ0) is 14.9. The molecule has 0 aromatic heterocycles. The molecule has 1 aromatic carbocycles. The van der Waals surface area contributed by atoms with Crippen molar-refractivity contribution in [3.63, 3.8) is 0 Å². The second-order valence-corrected chi connectivity index (χ2v) is 7.64. The van der Waals surface area contributed by atoms with Gasteiger partial charge in [0.15, 0.2) is 0 Å². The van der Waals surface area contributed by atoms with Crippen molar-refractivity contribution in [1.82, 2.24) is 9.21 Å². The van der Waals surface area contributed by atoms with Gasteiger partial charge in [-0.05, 0) is 44.6 Å². The van der Waals surface area contributed by atoms with E-state index in [1.54, 1.807) is 13.1 Å². The van der Waals surface area contributed by atoms with Crippen molar-refractivity contribution < 1.29 is 8.42 Å². The normalized spacial score (nSPS) is 21.3. The molecule has 1 aromatic rings. The summed E-state index contributed by atoms with van der Waals surface area (Å²) in [5, 5.41) is 0.168. The summed E-state index contributed by atoms with van der Waals surface area (Å²) in [6.07, 6.45) is 1.86. The first-order valence-electron chi connectivity index (χ1n) is 6.54. The second kappa shape index (κ2) is 5.89. The molecule has 1 saturated heterocycles. The summed E-state index contributed by atoms with van der Waals surface area (Å²) in [5.41, 5.74) is 6.06. The van der Waals surface area contributed by atoms with Gasteiger partial charge >= 0.3 is 0 Å². The Morgan fingerprint density at radius 3 is 2.75 bits per heavy atom. The van der Waals surface area contributed by atoms with Crippen LogP contribution in [0.2, 0.25) is 5.02 Å².